The molecule has 1 aliphatic rings. The minimum absolute atomic E-state index is 0.187. The molecule has 0 atom stereocenters. The molecule has 0 spiro atoms. The fraction of sp³-hybridized carbons (Fsp3) is 0.917. The Hall–Kier alpha value is -0.610. The molecule has 4 heteroatoms. The largest absolute Gasteiger partial charge is 0.382 e. The van der Waals surface area contributed by atoms with Gasteiger partial charge < -0.3 is 15.8 Å². The Kier molecular flexibility index (Phi) is 6.42. The van der Waals surface area contributed by atoms with Gasteiger partial charge in [-0.2, -0.15) is 0 Å². The quantitative estimate of drug-likeness (QED) is 0.668. The van der Waals surface area contributed by atoms with Crippen LogP contribution in [0, 0.1) is 5.92 Å². The van der Waals surface area contributed by atoms with Crippen LogP contribution in [-0.2, 0) is 9.53 Å². The molecule has 0 aromatic heterocycles. The van der Waals surface area contributed by atoms with E-state index in [1.54, 1.807) is 0 Å². The van der Waals surface area contributed by atoms with E-state index in [1.807, 2.05) is 6.92 Å². The molecule has 0 aliphatic heterocycles. The summed E-state index contributed by atoms with van der Waals surface area (Å²) in [6.45, 7) is 4.17. The second kappa shape index (κ2) is 7.63. The number of carbonyl (C=O) groups is 1. The highest BCUT2D eigenvalue weighted by Crippen LogP contribution is 2.22. The van der Waals surface area contributed by atoms with Crippen LogP contribution < -0.4 is 11.1 Å². The zero-order chi connectivity index (χ0) is 11.8. The van der Waals surface area contributed by atoms with Crippen LogP contribution in [0.3, 0.4) is 0 Å². The zero-order valence-corrected chi connectivity index (χ0v) is 10.2. The van der Waals surface area contributed by atoms with Crippen molar-refractivity contribution in [2.24, 2.45) is 11.7 Å². The van der Waals surface area contributed by atoms with Crippen molar-refractivity contribution < 1.29 is 9.53 Å². The van der Waals surface area contributed by atoms with E-state index in [0.717, 1.165) is 51.9 Å². The Bertz CT molecular complexity index is 201. The van der Waals surface area contributed by atoms with E-state index < -0.39 is 0 Å². The van der Waals surface area contributed by atoms with Gasteiger partial charge in [0.2, 0.25) is 5.91 Å². The lowest BCUT2D eigenvalue weighted by molar-refractivity contribution is -0.126. The van der Waals surface area contributed by atoms with Crippen molar-refractivity contribution >= 4 is 5.91 Å². The summed E-state index contributed by atoms with van der Waals surface area (Å²) in [6.07, 6.45) is 4.75. The van der Waals surface area contributed by atoms with Gasteiger partial charge in [0.05, 0.1) is 0 Å². The number of carbonyl (C=O) groups excluding carboxylic acids is 1. The second-order valence-corrected chi connectivity index (χ2v) is 4.45. The molecule has 1 fully saturated rings. The molecule has 0 bridgehead atoms. The molecule has 0 aromatic carbocycles. The summed E-state index contributed by atoms with van der Waals surface area (Å²) in [4.78, 5) is 11.7. The highest BCUT2D eigenvalue weighted by atomic mass is 16.5. The summed E-state index contributed by atoms with van der Waals surface area (Å²) < 4.78 is 5.21. The predicted octanol–water partition coefficient (Wildman–Crippen LogP) is 1.05. The van der Waals surface area contributed by atoms with Crippen molar-refractivity contribution in [2.45, 2.75) is 45.1 Å². The lowest BCUT2D eigenvalue weighted by atomic mass is 9.86. The maximum Gasteiger partial charge on any atom is 0.223 e. The Balaban J connectivity index is 2.06. The number of nitrogens with two attached hydrogens (primary N) is 1. The summed E-state index contributed by atoms with van der Waals surface area (Å²) in [5.41, 5.74) is 5.80. The highest BCUT2D eigenvalue weighted by molar-refractivity contribution is 5.78. The molecular weight excluding hydrogens is 204 g/mol. The third-order valence-corrected chi connectivity index (χ3v) is 3.11. The first kappa shape index (κ1) is 13.5. The van der Waals surface area contributed by atoms with Gasteiger partial charge in [-0.15, -0.1) is 0 Å². The SMILES string of the molecule is CCOCCCNC(=O)C1CCC(N)CC1. The molecule has 94 valence electrons. The van der Waals surface area contributed by atoms with Gasteiger partial charge in [0, 0.05) is 31.7 Å². The fourth-order valence-corrected chi connectivity index (χ4v) is 2.06. The van der Waals surface area contributed by atoms with Gasteiger partial charge in [-0.3, -0.25) is 4.79 Å². The van der Waals surface area contributed by atoms with E-state index in [0.29, 0.717) is 6.04 Å². The summed E-state index contributed by atoms with van der Waals surface area (Å²) in [5, 5.41) is 2.97. The van der Waals surface area contributed by atoms with Crippen LogP contribution in [0.2, 0.25) is 0 Å². The van der Waals surface area contributed by atoms with Crippen molar-refractivity contribution in [2.75, 3.05) is 19.8 Å². The maximum absolute atomic E-state index is 11.7. The molecule has 0 unspecified atom stereocenters. The molecule has 0 heterocycles. The number of ether oxygens (including phenoxy) is 1. The Morgan fingerprint density at radius 3 is 2.69 bits per heavy atom. The fourth-order valence-electron chi connectivity index (χ4n) is 2.06. The summed E-state index contributed by atoms with van der Waals surface area (Å²) in [5.74, 6) is 0.385. The number of rotatable bonds is 6. The molecule has 1 amide bonds. The smallest absolute Gasteiger partial charge is 0.223 e. The lowest BCUT2D eigenvalue weighted by Gasteiger charge is -2.25. The molecule has 3 N–H and O–H groups in total. The monoisotopic (exact) mass is 228 g/mol. The van der Waals surface area contributed by atoms with E-state index in [9.17, 15) is 4.79 Å². The molecule has 1 saturated carbocycles. The van der Waals surface area contributed by atoms with Crippen LogP contribution >= 0.6 is 0 Å². The zero-order valence-electron chi connectivity index (χ0n) is 10.2. The number of nitrogens with one attached hydrogen (secondary N) is 1. The lowest BCUT2D eigenvalue weighted by Crippen LogP contribution is -2.36. The third kappa shape index (κ3) is 4.94. The average Bonchev–Trinajstić information content (AvgIpc) is 2.29. The average molecular weight is 228 g/mol. The molecule has 4 nitrogen and oxygen atoms in total. The third-order valence-electron chi connectivity index (χ3n) is 3.11. The van der Waals surface area contributed by atoms with Gasteiger partial charge in [0.25, 0.3) is 0 Å². The predicted molar refractivity (Wildman–Crippen MR) is 64.1 cm³/mol. The van der Waals surface area contributed by atoms with E-state index in [4.69, 9.17) is 10.5 Å². The van der Waals surface area contributed by atoms with Crippen LogP contribution in [0.5, 0.6) is 0 Å². The molecule has 0 aromatic rings. The molecule has 1 aliphatic carbocycles. The van der Waals surface area contributed by atoms with Crippen molar-refractivity contribution in [3.05, 3.63) is 0 Å². The number of hydrogen-bond donors (Lipinski definition) is 2. The molecule has 16 heavy (non-hydrogen) atoms. The van der Waals surface area contributed by atoms with Gasteiger partial charge >= 0.3 is 0 Å². The van der Waals surface area contributed by atoms with E-state index in [-0.39, 0.29) is 11.8 Å². The van der Waals surface area contributed by atoms with Crippen LogP contribution in [0.15, 0.2) is 0 Å². The van der Waals surface area contributed by atoms with Crippen molar-refractivity contribution in [1.82, 2.24) is 5.32 Å². The molecule has 0 radical (unpaired) electrons. The first-order chi connectivity index (χ1) is 7.74. The minimum atomic E-state index is 0.187. The van der Waals surface area contributed by atoms with E-state index >= 15 is 0 Å². The van der Waals surface area contributed by atoms with Crippen LogP contribution in [-0.4, -0.2) is 31.7 Å². The standard InChI is InChI=1S/C12H24N2O2/c1-2-16-9-3-8-14-12(15)10-4-6-11(13)7-5-10/h10-11H,2-9,13H2,1H3,(H,14,15). The topological polar surface area (TPSA) is 64.3 Å². The van der Waals surface area contributed by atoms with Crippen molar-refractivity contribution in [1.29, 1.82) is 0 Å². The van der Waals surface area contributed by atoms with Crippen LogP contribution in [0.25, 0.3) is 0 Å². The number of hydrogen-bond acceptors (Lipinski definition) is 3. The summed E-state index contributed by atoms with van der Waals surface area (Å²) in [6, 6.07) is 0.307. The molecule has 0 saturated heterocycles. The van der Waals surface area contributed by atoms with Crippen molar-refractivity contribution in [3.8, 4) is 0 Å². The molecule has 1 rings (SSSR count). The van der Waals surface area contributed by atoms with Crippen LogP contribution in [0.4, 0.5) is 0 Å². The van der Waals surface area contributed by atoms with Crippen molar-refractivity contribution in [3.63, 3.8) is 0 Å². The highest BCUT2D eigenvalue weighted by Gasteiger charge is 2.23. The normalized spacial score (nSPS) is 25.4. The van der Waals surface area contributed by atoms with Gasteiger partial charge in [-0.25, -0.2) is 0 Å². The second-order valence-electron chi connectivity index (χ2n) is 4.45. The van der Waals surface area contributed by atoms with Gasteiger partial charge in [-0.05, 0) is 39.0 Å². The number of amides is 1. The summed E-state index contributed by atoms with van der Waals surface area (Å²) in [7, 11) is 0. The molecular formula is C12H24N2O2. The van der Waals surface area contributed by atoms with Gasteiger partial charge in [0.1, 0.15) is 0 Å². The maximum atomic E-state index is 11.7. The van der Waals surface area contributed by atoms with Gasteiger partial charge in [0.15, 0.2) is 0 Å². The minimum Gasteiger partial charge on any atom is -0.382 e. The Morgan fingerprint density at radius 2 is 2.06 bits per heavy atom. The van der Waals surface area contributed by atoms with Gasteiger partial charge in [-0.1, -0.05) is 0 Å². The first-order valence-electron chi connectivity index (χ1n) is 6.35. The van der Waals surface area contributed by atoms with E-state index in [1.165, 1.54) is 0 Å². The van der Waals surface area contributed by atoms with Crippen LogP contribution in [0.1, 0.15) is 39.0 Å². The Morgan fingerprint density at radius 1 is 1.38 bits per heavy atom. The van der Waals surface area contributed by atoms with E-state index in [2.05, 4.69) is 5.32 Å². The Labute approximate surface area is 97.9 Å². The first-order valence-corrected chi connectivity index (χ1v) is 6.35. The summed E-state index contributed by atoms with van der Waals surface area (Å²) >= 11 is 0.